The molecule has 0 amide bonds. The zero-order valence-electron chi connectivity index (χ0n) is 13.5. The number of benzene rings is 1. The fourth-order valence-electron chi connectivity index (χ4n) is 2.53. The number of sulfone groups is 1. The first-order chi connectivity index (χ1) is 11.8. The van der Waals surface area contributed by atoms with E-state index in [9.17, 15) is 17.9 Å². The van der Waals surface area contributed by atoms with Crippen LogP contribution in [0.15, 0.2) is 34.1 Å². The summed E-state index contributed by atoms with van der Waals surface area (Å²) >= 11 is 0. The van der Waals surface area contributed by atoms with Crippen molar-refractivity contribution in [3.63, 3.8) is 0 Å². The summed E-state index contributed by atoms with van der Waals surface area (Å²) in [6, 6.07) is 4.52. The maximum Gasteiger partial charge on any atom is 0.214 e. The summed E-state index contributed by atoms with van der Waals surface area (Å²) in [4.78, 5) is 3.84. The number of nitrogens with two attached hydrogens (primary N) is 1. The van der Waals surface area contributed by atoms with Crippen LogP contribution in [0.2, 0.25) is 0 Å². The zero-order valence-corrected chi connectivity index (χ0v) is 14.3. The van der Waals surface area contributed by atoms with Crippen LogP contribution in [0.4, 0.5) is 10.2 Å². The first kappa shape index (κ1) is 17.1. The Bertz CT molecular complexity index is 1080. The standard InChI is InChI=1S/C15H16FN5O3S/c1-8-5-9(7-17)21-15(19-8)13(14(18-2)20-21)25(23,24)10-3-4-11(16)12(22)6-10/h3-6,22H,7,17H2,1-2H3,(H,18,20). The van der Waals surface area contributed by atoms with Crippen LogP contribution in [0, 0.1) is 12.7 Å². The second-order valence-corrected chi connectivity index (χ2v) is 7.26. The van der Waals surface area contributed by atoms with E-state index in [0.29, 0.717) is 11.4 Å². The van der Waals surface area contributed by atoms with Gasteiger partial charge in [0.05, 0.1) is 10.6 Å². The SMILES string of the molecule is CNc1nn2c(CN)cc(C)nc2c1S(=O)(=O)c1ccc(F)c(O)c1. The number of nitrogens with zero attached hydrogens (tertiary/aromatic N) is 3. The van der Waals surface area contributed by atoms with Crippen molar-refractivity contribution >= 4 is 21.3 Å². The molecule has 0 aliphatic rings. The smallest absolute Gasteiger partial charge is 0.214 e. The lowest BCUT2D eigenvalue weighted by atomic mass is 10.3. The molecule has 0 atom stereocenters. The Hall–Kier alpha value is -2.72. The van der Waals surface area contributed by atoms with Gasteiger partial charge < -0.3 is 16.2 Å². The lowest BCUT2D eigenvalue weighted by Crippen LogP contribution is -2.08. The van der Waals surface area contributed by atoms with Crippen LogP contribution >= 0.6 is 0 Å². The molecule has 1 aromatic carbocycles. The molecule has 132 valence electrons. The van der Waals surface area contributed by atoms with Gasteiger partial charge >= 0.3 is 0 Å². The van der Waals surface area contributed by atoms with E-state index in [-0.39, 0.29) is 27.8 Å². The van der Waals surface area contributed by atoms with E-state index >= 15 is 0 Å². The predicted molar refractivity (Wildman–Crippen MR) is 88.7 cm³/mol. The predicted octanol–water partition coefficient (Wildman–Crippen LogP) is 1.22. The number of aromatic hydroxyl groups is 1. The van der Waals surface area contributed by atoms with Crippen molar-refractivity contribution in [2.75, 3.05) is 12.4 Å². The molecular formula is C15H16FN5O3S. The Kier molecular flexibility index (Phi) is 4.09. The third-order valence-electron chi connectivity index (χ3n) is 3.69. The number of hydrogen-bond donors (Lipinski definition) is 3. The van der Waals surface area contributed by atoms with Crippen molar-refractivity contribution in [3.8, 4) is 5.75 Å². The first-order valence-corrected chi connectivity index (χ1v) is 8.78. The number of anilines is 1. The molecule has 4 N–H and O–H groups in total. The second-order valence-electron chi connectivity index (χ2n) is 5.37. The third-order valence-corrected chi connectivity index (χ3v) is 5.48. The van der Waals surface area contributed by atoms with Crippen LogP contribution in [0.5, 0.6) is 5.75 Å². The second kappa shape index (κ2) is 5.97. The molecular weight excluding hydrogens is 349 g/mol. The molecule has 3 aromatic rings. The number of phenols is 1. The molecule has 8 nitrogen and oxygen atoms in total. The lowest BCUT2D eigenvalue weighted by molar-refractivity contribution is 0.430. The molecule has 0 saturated carbocycles. The van der Waals surface area contributed by atoms with Crippen LogP contribution in [0.1, 0.15) is 11.4 Å². The fraction of sp³-hybridized carbons (Fsp3) is 0.200. The molecule has 2 heterocycles. The Labute approximate surface area is 143 Å². The van der Waals surface area contributed by atoms with E-state index in [0.717, 1.165) is 18.2 Å². The van der Waals surface area contributed by atoms with Gasteiger partial charge in [-0.05, 0) is 25.1 Å². The molecule has 2 aromatic heterocycles. The molecule has 3 rings (SSSR count). The molecule has 0 spiro atoms. The Morgan fingerprint density at radius 2 is 2.08 bits per heavy atom. The average Bonchev–Trinajstić information content (AvgIpc) is 2.95. The van der Waals surface area contributed by atoms with Crippen molar-refractivity contribution in [1.82, 2.24) is 14.6 Å². The zero-order chi connectivity index (χ0) is 18.4. The van der Waals surface area contributed by atoms with Crippen molar-refractivity contribution in [2.24, 2.45) is 5.73 Å². The molecule has 0 bridgehead atoms. The molecule has 0 unspecified atom stereocenters. The number of halogens is 1. The van der Waals surface area contributed by atoms with Crippen LogP contribution in [0.25, 0.3) is 5.65 Å². The van der Waals surface area contributed by atoms with E-state index in [1.165, 1.54) is 11.6 Å². The van der Waals surface area contributed by atoms with Gasteiger partial charge in [-0.25, -0.2) is 22.3 Å². The first-order valence-electron chi connectivity index (χ1n) is 7.30. The summed E-state index contributed by atoms with van der Waals surface area (Å²) in [7, 11) is -2.60. The quantitative estimate of drug-likeness (QED) is 0.594. The van der Waals surface area contributed by atoms with E-state index in [4.69, 9.17) is 5.73 Å². The van der Waals surface area contributed by atoms with Crippen LogP contribution in [-0.4, -0.2) is 35.2 Å². The van der Waals surface area contributed by atoms with Gasteiger partial charge in [0.25, 0.3) is 0 Å². The van der Waals surface area contributed by atoms with Crippen molar-refractivity contribution in [1.29, 1.82) is 0 Å². The van der Waals surface area contributed by atoms with Crippen molar-refractivity contribution in [2.45, 2.75) is 23.3 Å². The maximum absolute atomic E-state index is 13.3. The normalized spacial score (nSPS) is 11.8. The highest BCUT2D eigenvalue weighted by atomic mass is 32.2. The van der Waals surface area contributed by atoms with Gasteiger partial charge in [-0.1, -0.05) is 0 Å². The number of hydrogen-bond acceptors (Lipinski definition) is 7. The highest BCUT2D eigenvalue weighted by molar-refractivity contribution is 7.91. The van der Waals surface area contributed by atoms with Gasteiger partial charge in [0.15, 0.2) is 27.9 Å². The largest absolute Gasteiger partial charge is 0.505 e. The number of fused-ring (bicyclic) bond motifs is 1. The molecule has 0 saturated heterocycles. The molecule has 0 fully saturated rings. The summed E-state index contributed by atoms with van der Waals surface area (Å²) in [5, 5.41) is 16.5. The minimum atomic E-state index is -4.12. The van der Waals surface area contributed by atoms with Crippen LogP contribution in [0.3, 0.4) is 0 Å². The topological polar surface area (TPSA) is 123 Å². The summed E-state index contributed by atoms with van der Waals surface area (Å²) in [6.45, 7) is 1.85. The minimum Gasteiger partial charge on any atom is -0.505 e. The third kappa shape index (κ3) is 2.68. The van der Waals surface area contributed by atoms with Crippen molar-refractivity contribution in [3.05, 3.63) is 41.5 Å². The van der Waals surface area contributed by atoms with Gasteiger partial charge in [0.1, 0.15) is 0 Å². The van der Waals surface area contributed by atoms with Gasteiger partial charge in [0.2, 0.25) is 9.84 Å². The number of nitrogens with one attached hydrogen (secondary N) is 1. The van der Waals surface area contributed by atoms with Crippen molar-refractivity contribution < 1.29 is 17.9 Å². The molecule has 10 heteroatoms. The van der Waals surface area contributed by atoms with Crippen LogP contribution in [-0.2, 0) is 16.4 Å². The Morgan fingerprint density at radius 1 is 1.36 bits per heavy atom. The van der Waals surface area contributed by atoms with E-state index < -0.39 is 21.4 Å². The van der Waals surface area contributed by atoms with E-state index in [2.05, 4.69) is 15.4 Å². The van der Waals surface area contributed by atoms with E-state index in [1.54, 1.807) is 13.0 Å². The van der Waals surface area contributed by atoms with Gasteiger partial charge in [-0.2, -0.15) is 0 Å². The summed E-state index contributed by atoms with van der Waals surface area (Å²) < 4.78 is 40.8. The van der Waals surface area contributed by atoms with Gasteiger partial charge in [-0.3, -0.25) is 0 Å². The Balaban J connectivity index is 2.37. The highest BCUT2D eigenvalue weighted by Gasteiger charge is 2.29. The summed E-state index contributed by atoms with van der Waals surface area (Å²) in [5.74, 6) is -1.58. The molecule has 0 radical (unpaired) electrons. The minimum absolute atomic E-state index is 0.0802. The van der Waals surface area contributed by atoms with E-state index in [1.807, 2.05) is 0 Å². The Morgan fingerprint density at radius 3 is 2.68 bits per heavy atom. The van der Waals surface area contributed by atoms with Gasteiger partial charge in [-0.15, -0.1) is 5.10 Å². The number of aromatic nitrogens is 3. The highest BCUT2D eigenvalue weighted by Crippen LogP contribution is 2.32. The monoisotopic (exact) mass is 365 g/mol. The molecule has 25 heavy (non-hydrogen) atoms. The van der Waals surface area contributed by atoms with Gasteiger partial charge in [0, 0.05) is 25.4 Å². The molecule has 0 aliphatic heterocycles. The average molecular weight is 365 g/mol. The fourth-order valence-corrected chi connectivity index (χ4v) is 4.05. The summed E-state index contributed by atoms with van der Waals surface area (Å²) in [6.07, 6.45) is 0. The number of rotatable bonds is 4. The lowest BCUT2D eigenvalue weighted by Gasteiger charge is -2.07. The molecule has 0 aliphatic carbocycles. The number of aryl methyl sites for hydroxylation is 1. The maximum atomic E-state index is 13.3. The van der Waals surface area contributed by atoms with Crippen LogP contribution < -0.4 is 11.1 Å². The summed E-state index contributed by atoms with van der Waals surface area (Å²) in [5.41, 5.74) is 6.98. The number of phenolic OH excluding ortho intramolecular Hbond substituents is 1.